The van der Waals surface area contributed by atoms with Gasteiger partial charge in [-0.3, -0.25) is 19.2 Å². The van der Waals surface area contributed by atoms with E-state index in [-0.39, 0.29) is 50.7 Å². The van der Waals surface area contributed by atoms with E-state index in [9.17, 15) is 33.6 Å². The molecule has 1 fully saturated rings. The van der Waals surface area contributed by atoms with E-state index in [1.165, 1.54) is 0 Å². The molecular formula is C33H58N6O10. The first kappa shape index (κ1) is 43.1. The van der Waals surface area contributed by atoms with Crippen LogP contribution in [0, 0.1) is 0 Å². The molecule has 0 saturated carbocycles. The molecule has 16 heteroatoms. The molecule has 0 aliphatic carbocycles. The standard InChI is InChI=1S/C33H58N6O10/c1-24(34)12-13-25(40)35-18-10-22-37(30(45)47-32(2,3)4)20-8-9-21-38(31(46)48-33(5,6)7)23-11-19-36-26(41)14-17-29(44)49-39-27(42)15-16-28(39)43/h24H,8-23,34H2,1-7H3,(H,35,40)(H,36,41)/t24-/m1/s1. The number of carbonyl (C=O) groups is 7. The Hall–Kier alpha value is -3.95. The molecule has 1 rings (SSSR count). The van der Waals surface area contributed by atoms with Crippen LogP contribution >= 0.6 is 0 Å². The normalized spacial score (nSPS) is 13.8. The van der Waals surface area contributed by atoms with Crippen molar-refractivity contribution in [3.63, 3.8) is 0 Å². The van der Waals surface area contributed by atoms with Crippen LogP contribution in [-0.2, 0) is 38.3 Å². The highest BCUT2D eigenvalue weighted by Crippen LogP contribution is 2.15. The van der Waals surface area contributed by atoms with Gasteiger partial charge in [0.25, 0.3) is 11.8 Å². The first-order valence-electron chi connectivity index (χ1n) is 17.1. The van der Waals surface area contributed by atoms with Crippen molar-refractivity contribution < 1.29 is 47.9 Å². The third-order valence-electron chi connectivity index (χ3n) is 6.85. The Morgan fingerprint density at radius 3 is 1.53 bits per heavy atom. The Bertz CT molecular complexity index is 1120. The van der Waals surface area contributed by atoms with E-state index in [0.717, 1.165) is 0 Å². The lowest BCUT2D eigenvalue weighted by molar-refractivity contribution is -0.197. The third kappa shape index (κ3) is 20.2. The molecule has 6 amide bonds. The zero-order chi connectivity index (χ0) is 37.2. The fourth-order valence-electron chi connectivity index (χ4n) is 4.40. The maximum Gasteiger partial charge on any atom is 0.410 e. The summed E-state index contributed by atoms with van der Waals surface area (Å²) in [7, 11) is 0. The van der Waals surface area contributed by atoms with E-state index in [1.54, 1.807) is 51.3 Å². The minimum absolute atomic E-state index is 0.0183. The second kappa shape index (κ2) is 21.2. The number of nitrogens with two attached hydrogens (primary N) is 1. The largest absolute Gasteiger partial charge is 0.444 e. The SMILES string of the molecule is C[C@@H](N)CCC(=O)NCCCN(CCCCN(CCCNC(=O)CCC(=O)ON1C(=O)CCC1=O)C(=O)OC(C)(C)C)C(=O)OC(C)(C)C. The first-order valence-corrected chi connectivity index (χ1v) is 17.1. The maximum absolute atomic E-state index is 12.9. The summed E-state index contributed by atoms with van der Waals surface area (Å²) in [6.07, 6.45) is 1.51. The third-order valence-corrected chi connectivity index (χ3v) is 6.85. The summed E-state index contributed by atoms with van der Waals surface area (Å²) in [5, 5.41) is 5.98. The van der Waals surface area contributed by atoms with Crippen LogP contribution in [0.25, 0.3) is 0 Å². The number of ether oxygens (including phenoxy) is 2. The maximum atomic E-state index is 12.9. The fraction of sp³-hybridized carbons (Fsp3) is 0.788. The van der Waals surface area contributed by atoms with Crippen LogP contribution in [0.2, 0.25) is 0 Å². The minimum Gasteiger partial charge on any atom is -0.444 e. The van der Waals surface area contributed by atoms with Gasteiger partial charge in [-0.2, -0.15) is 0 Å². The summed E-state index contributed by atoms with van der Waals surface area (Å²) in [5.74, 6) is -2.56. The fourth-order valence-corrected chi connectivity index (χ4v) is 4.40. The lowest BCUT2D eigenvalue weighted by Crippen LogP contribution is -2.40. The first-order chi connectivity index (χ1) is 22.8. The zero-order valence-electron chi connectivity index (χ0n) is 30.4. The summed E-state index contributed by atoms with van der Waals surface area (Å²) in [5.41, 5.74) is 4.32. The van der Waals surface area contributed by atoms with Crippen molar-refractivity contribution in [2.75, 3.05) is 39.3 Å². The number of unbranched alkanes of at least 4 members (excludes halogenated alkanes) is 1. The van der Waals surface area contributed by atoms with Gasteiger partial charge >= 0.3 is 18.2 Å². The van der Waals surface area contributed by atoms with Gasteiger partial charge in [-0.05, 0) is 80.6 Å². The number of nitrogens with one attached hydrogen (secondary N) is 2. The predicted octanol–water partition coefficient (Wildman–Crippen LogP) is 2.77. The Balaban J connectivity index is 2.59. The van der Waals surface area contributed by atoms with E-state index in [4.69, 9.17) is 20.0 Å². The molecular weight excluding hydrogens is 640 g/mol. The highest BCUT2D eigenvalue weighted by molar-refractivity contribution is 6.01. The average Bonchev–Trinajstić information content (AvgIpc) is 3.29. The molecule has 1 aliphatic heterocycles. The van der Waals surface area contributed by atoms with Crippen molar-refractivity contribution in [1.82, 2.24) is 25.5 Å². The Labute approximate surface area is 290 Å². The highest BCUT2D eigenvalue weighted by Gasteiger charge is 2.33. The molecule has 0 bridgehead atoms. The van der Waals surface area contributed by atoms with Crippen LogP contribution in [0.15, 0.2) is 0 Å². The van der Waals surface area contributed by atoms with Crippen LogP contribution in [0.3, 0.4) is 0 Å². The Morgan fingerprint density at radius 1 is 0.714 bits per heavy atom. The van der Waals surface area contributed by atoms with Gasteiger partial charge < -0.3 is 40.5 Å². The van der Waals surface area contributed by atoms with E-state index in [2.05, 4.69) is 10.6 Å². The van der Waals surface area contributed by atoms with Crippen LogP contribution < -0.4 is 16.4 Å². The summed E-state index contributed by atoms with van der Waals surface area (Å²) < 4.78 is 11.1. The van der Waals surface area contributed by atoms with Gasteiger partial charge in [0.1, 0.15) is 11.2 Å². The summed E-state index contributed by atoms with van der Waals surface area (Å²) in [6, 6.07) is -0.0555. The molecule has 49 heavy (non-hydrogen) atoms. The average molecular weight is 699 g/mol. The lowest BCUT2D eigenvalue weighted by Gasteiger charge is -2.29. The molecule has 16 nitrogen and oxygen atoms in total. The van der Waals surface area contributed by atoms with E-state index >= 15 is 0 Å². The van der Waals surface area contributed by atoms with Gasteiger partial charge in [0.05, 0.1) is 6.42 Å². The van der Waals surface area contributed by atoms with Crippen LogP contribution in [0.5, 0.6) is 0 Å². The predicted molar refractivity (Wildman–Crippen MR) is 179 cm³/mol. The number of amides is 6. The van der Waals surface area contributed by atoms with E-state index < -0.39 is 47.1 Å². The second-order valence-corrected chi connectivity index (χ2v) is 14.1. The molecule has 0 unspecified atom stereocenters. The van der Waals surface area contributed by atoms with Gasteiger partial charge in [-0.1, -0.05) is 0 Å². The van der Waals surface area contributed by atoms with Crippen LogP contribution in [-0.4, -0.2) is 113 Å². The number of hydrogen-bond acceptors (Lipinski definition) is 11. The molecule has 280 valence electrons. The lowest BCUT2D eigenvalue weighted by atomic mass is 10.2. The topological polar surface area (TPSA) is 207 Å². The van der Waals surface area contributed by atoms with Gasteiger partial charge in [0.15, 0.2) is 0 Å². The summed E-state index contributed by atoms with van der Waals surface area (Å²) in [6.45, 7) is 14.6. The van der Waals surface area contributed by atoms with Crippen molar-refractivity contribution >= 4 is 41.8 Å². The Kier molecular flexibility index (Phi) is 18.6. The number of hydrogen-bond donors (Lipinski definition) is 3. The number of rotatable bonds is 20. The van der Waals surface area contributed by atoms with Crippen molar-refractivity contribution in [3.8, 4) is 0 Å². The van der Waals surface area contributed by atoms with E-state index in [0.29, 0.717) is 69.8 Å². The molecule has 0 aromatic heterocycles. The quantitative estimate of drug-likeness (QED) is 0.124. The van der Waals surface area contributed by atoms with Crippen molar-refractivity contribution in [2.45, 2.75) is 130 Å². The molecule has 1 saturated heterocycles. The Morgan fingerprint density at radius 2 is 1.12 bits per heavy atom. The molecule has 0 spiro atoms. The molecule has 1 heterocycles. The number of hydroxylamine groups is 2. The van der Waals surface area contributed by atoms with Crippen molar-refractivity contribution in [1.29, 1.82) is 0 Å². The number of imide groups is 1. The van der Waals surface area contributed by atoms with Gasteiger partial charge in [-0.25, -0.2) is 14.4 Å². The number of carbonyl (C=O) groups excluding carboxylic acids is 7. The smallest absolute Gasteiger partial charge is 0.410 e. The monoisotopic (exact) mass is 698 g/mol. The van der Waals surface area contributed by atoms with Crippen molar-refractivity contribution in [3.05, 3.63) is 0 Å². The molecule has 0 aromatic carbocycles. The van der Waals surface area contributed by atoms with Crippen molar-refractivity contribution in [2.24, 2.45) is 5.73 Å². The van der Waals surface area contributed by atoms with Gasteiger partial charge in [-0.15, -0.1) is 5.06 Å². The summed E-state index contributed by atoms with van der Waals surface area (Å²) >= 11 is 0. The molecule has 0 radical (unpaired) electrons. The zero-order valence-corrected chi connectivity index (χ0v) is 30.4. The number of nitrogens with zero attached hydrogens (tertiary/aromatic N) is 3. The molecule has 0 aromatic rings. The highest BCUT2D eigenvalue weighted by atomic mass is 16.7. The molecule has 1 aliphatic rings. The minimum atomic E-state index is -0.861. The van der Waals surface area contributed by atoms with Crippen LogP contribution in [0.1, 0.15) is 113 Å². The molecule has 1 atom stereocenters. The van der Waals surface area contributed by atoms with Crippen LogP contribution in [0.4, 0.5) is 9.59 Å². The second-order valence-electron chi connectivity index (χ2n) is 14.1. The van der Waals surface area contributed by atoms with Gasteiger partial charge in [0.2, 0.25) is 11.8 Å². The molecule has 4 N–H and O–H groups in total. The summed E-state index contributed by atoms with van der Waals surface area (Å²) in [4.78, 5) is 93.1. The van der Waals surface area contributed by atoms with Gasteiger partial charge in [0, 0.05) is 71.0 Å². The van der Waals surface area contributed by atoms with E-state index in [1.807, 2.05) is 6.92 Å².